The van der Waals surface area contributed by atoms with E-state index in [9.17, 15) is 9.18 Å². The number of fused-ring (bicyclic) bond motifs is 1. The minimum absolute atomic E-state index is 0.218. The smallest absolute Gasteiger partial charge is 0.274 e. The third kappa shape index (κ3) is 2.67. The lowest BCUT2D eigenvalue weighted by molar-refractivity contribution is 0.102. The number of para-hydroxylation sites is 1. The monoisotopic (exact) mass is 281 g/mol. The van der Waals surface area contributed by atoms with Gasteiger partial charge in [0.15, 0.2) is 0 Å². The lowest BCUT2D eigenvalue weighted by Gasteiger charge is -2.07. The molecule has 1 heterocycles. The molecule has 0 bridgehead atoms. The van der Waals surface area contributed by atoms with E-state index in [0.29, 0.717) is 16.9 Å². The predicted octanol–water partition coefficient (Wildman–Crippen LogP) is 3.21. The van der Waals surface area contributed by atoms with Crippen molar-refractivity contribution in [3.05, 3.63) is 66.1 Å². The van der Waals surface area contributed by atoms with Gasteiger partial charge in [-0.2, -0.15) is 0 Å². The van der Waals surface area contributed by atoms with Crippen LogP contribution < -0.4 is 11.1 Å². The van der Waals surface area contributed by atoms with Crippen LogP contribution in [0.5, 0.6) is 0 Å². The molecule has 104 valence electrons. The number of hydrogen-bond acceptors (Lipinski definition) is 3. The van der Waals surface area contributed by atoms with Gasteiger partial charge in [-0.15, -0.1) is 0 Å². The van der Waals surface area contributed by atoms with E-state index in [-0.39, 0.29) is 17.4 Å². The maximum absolute atomic E-state index is 12.8. The quantitative estimate of drug-likeness (QED) is 0.758. The Kier molecular flexibility index (Phi) is 3.23. The van der Waals surface area contributed by atoms with Gasteiger partial charge in [0.05, 0.1) is 5.52 Å². The molecule has 21 heavy (non-hydrogen) atoms. The van der Waals surface area contributed by atoms with Crippen molar-refractivity contribution in [2.24, 2.45) is 0 Å². The van der Waals surface area contributed by atoms with Crippen LogP contribution in [0.15, 0.2) is 54.6 Å². The van der Waals surface area contributed by atoms with Crippen molar-refractivity contribution in [2.75, 3.05) is 11.1 Å². The fourth-order valence-electron chi connectivity index (χ4n) is 2.05. The number of anilines is 2. The van der Waals surface area contributed by atoms with Crippen LogP contribution in [0.4, 0.5) is 15.8 Å². The number of carbonyl (C=O) groups is 1. The van der Waals surface area contributed by atoms with E-state index in [0.717, 1.165) is 5.39 Å². The molecule has 0 radical (unpaired) electrons. The van der Waals surface area contributed by atoms with E-state index < -0.39 is 0 Å². The second kappa shape index (κ2) is 5.20. The molecule has 0 saturated carbocycles. The molecule has 0 aliphatic heterocycles. The lowest BCUT2D eigenvalue weighted by atomic mass is 10.1. The zero-order chi connectivity index (χ0) is 14.8. The number of carbonyl (C=O) groups excluding carboxylic acids is 1. The summed E-state index contributed by atoms with van der Waals surface area (Å²) in [5.74, 6) is -0.750. The summed E-state index contributed by atoms with van der Waals surface area (Å²) in [5, 5.41) is 3.46. The molecule has 3 N–H and O–H groups in total. The largest absolute Gasteiger partial charge is 0.398 e. The van der Waals surface area contributed by atoms with Crippen molar-refractivity contribution in [1.82, 2.24) is 4.98 Å². The minimum atomic E-state index is -0.390. The van der Waals surface area contributed by atoms with Gasteiger partial charge in [-0.25, -0.2) is 9.37 Å². The molecule has 3 rings (SSSR count). The van der Waals surface area contributed by atoms with Crippen LogP contribution in [0, 0.1) is 5.82 Å². The van der Waals surface area contributed by atoms with Crippen molar-refractivity contribution in [3.63, 3.8) is 0 Å². The standard InChI is InChI=1S/C16H12FN3O/c17-10-5-7-11(8-6-10)19-16(21)15-9-13(18)12-3-1-2-4-14(12)20-15/h1-9H,(H2,18,20)(H,19,21). The van der Waals surface area contributed by atoms with E-state index in [1.165, 1.54) is 30.3 Å². The summed E-state index contributed by atoms with van der Waals surface area (Å²) < 4.78 is 12.8. The van der Waals surface area contributed by atoms with Gasteiger partial charge >= 0.3 is 0 Å². The number of nitrogens with two attached hydrogens (primary N) is 1. The second-order valence-electron chi connectivity index (χ2n) is 4.57. The number of rotatable bonds is 2. The molecule has 1 amide bonds. The summed E-state index contributed by atoms with van der Waals surface area (Å²) in [5.41, 5.74) is 7.80. The van der Waals surface area contributed by atoms with E-state index in [1.54, 1.807) is 6.07 Å². The summed E-state index contributed by atoms with van der Waals surface area (Å²) in [4.78, 5) is 16.5. The molecule has 5 heteroatoms. The number of nitrogen functional groups attached to an aromatic ring is 1. The number of hydrogen-bond donors (Lipinski definition) is 2. The van der Waals surface area contributed by atoms with Crippen LogP contribution in [-0.2, 0) is 0 Å². The van der Waals surface area contributed by atoms with Gasteiger partial charge in [-0.05, 0) is 36.4 Å². The number of aromatic nitrogens is 1. The van der Waals surface area contributed by atoms with Gasteiger partial charge in [0.2, 0.25) is 0 Å². The molecule has 0 unspecified atom stereocenters. The van der Waals surface area contributed by atoms with Crippen molar-refractivity contribution in [1.29, 1.82) is 0 Å². The molecule has 0 saturated heterocycles. The second-order valence-corrected chi connectivity index (χ2v) is 4.57. The summed E-state index contributed by atoms with van der Waals surface area (Å²) in [6.07, 6.45) is 0. The van der Waals surface area contributed by atoms with Gasteiger partial charge < -0.3 is 11.1 Å². The van der Waals surface area contributed by atoms with Gasteiger partial charge in [-0.1, -0.05) is 18.2 Å². The zero-order valence-corrected chi connectivity index (χ0v) is 11.0. The molecule has 0 aliphatic rings. The first-order valence-corrected chi connectivity index (χ1v) is 6.36. The highest BCUT2D eigenvalue weighted by Crippen LogP contribution is 2.20. The molecule has 1 aromatic heterocycles. The Hall–Kier alpha value is -2.95. The topological polar surface area (TPSA) is 68.0 Å². The number of benzene rings is 2. The van der Waals surface area contributed by atoms with E-state index in [1.807, 2.05) is 18.2 Å². The molecule has 4 nitrogen and oxygen atoms in total. The van der Waals surface area contributed by atoms with Gasteiger partial charge in [0.25, 0.3) is 5.91 Å². The first kappa shape index (κ1) is 13.1. The van der Waals surface area contributed by atoms with Crippen LogP contribution in [0.2, 0.25) is 0 Å². The van der Waals surface area contributed by atoms with Crippen molar-refractivity contribution in [2.45, 2.75) is 0 Å². The van der Waals surface area contributed by atoms with Crippen molar-refractivity contribution < 1.29 is 9.18 Å². The molecule has 0 spiro atoms. The fourth-order valence-corrected chi connectivity index (χ4v) is 2.05. The molecular formula is C16H12FN3O. The molecule has 0 atom stereocenters. The summed E-state index contributed by atoms with van der Waals surface area (Å²) in [6, 6.07) is 14.4. The molecule has 0 fully saturated rings. The average Bonchev–Trinajstić information content (AvgIpc) is 2.49. The molecule has 0 aliphatic carbocycles. The van der Waals surface area contributed by atoms with Crippen LogP contribution in [0.25, 0.3) is 10.9 Å². The highest BCUT2D eigenvalue weighted by molar-refractivity contribution is 6.05. The number of pyridine rings is 1. The molecule has 3 aromatic rings. The maximum atomic E-state index is 12.8. The number of nitrogens with zero attached hydrogens (tertiary/aromatic N) is 1. The number of halogens is 1. The first-order valence-electron chi connectivity index (χ1n) is 6.36. The van der Waals surface area contributed by atoms with Crippen LogP contribution in [0.1, 0.15) is 10.5 Å². The fraction of sp³-hybridized carbons (Fsp3) is 0. The normalized spacial score (nSPS) is 10.5. The van der Waals surface area contributed by atoms with Crippen molar-refractivity contribution >= 4 is 28.2 Å². The minimum Gasteiger partial charge on any atom is -0.398 e. The van der Waals surface area contributed by atoms with E-state index in [2.05, 4.69) is 10.3 Å². The van der Waals surface area contributed by atoms with Gasteiger partial charge in [0.1, 0.15) is 11.5 Å². The highest BCUT2D eigenvalue weighted by atomic mass is 19.1. The Morgan fingerprint density at radius 1 is 1.10 bits per heavy atom. The third-order valence-electron chi connectivity index (χ3n) is 3.08. The molecule has 2 aromatic carbocycles. The van der Waals surface area contributed by atoms with Crippen LogP contribution >= 0.6 is 0 Å². The van der Waals surface area contributed by atoms with E-state index >= 15 is 0 Å². The maximum Gasteiger partial charge on any atom is 0.274 e. The summed E-state index contributed by atoms with van der Waals surface area (Å²) >= 11 is 0. The predicted molar refractivity (Wildman–Crippen MR) is 80.5 cm³/mol. The lowest BCUT2D eigenvalue weighted by Crippen LogP contribution is -2.14. The number of nitrogens with one attached hydrogen (secondary N) is 1. The first-order chi connectivity index (χ1) is 10.1. The van der Waals surface area contributed by atoms with Gasteiger partial charge in [0, 0.05) is 16.8 Å². The Morgan fingerprint density at radius 2 is 1.81 bits per heavy atom. The third-order valence-corrected chi connectivity index (χ3v) is 3.08. The van der Waals surface area contributed by atoms with Crippen molar-refractivity contribution in [3.8, 4) is 0 Å². The average molecular weight is 281 g/mol. The SMILES string of the molecule is Nc1cc(C(=O)Nc2ccc(F)cc2)nc2ccccc12. The molecular weight excluding hydrogens is 269 g/mol. The van der Waals surface area contributed by atoms with Gasteiger partial charge in [-0.3, -0.25) is 4.79 Å². The summed E-state index contributed by atoms with van der Waals surface area (Å²) in [6.45, 7) is 0. The zero-order valence-electron chi connectivity index (χ0n) is 11.0. The Labute approximate surface area is 120 Å². The Bertz CT molecular complexity index is 815. The highest BCUT2D eigenvalue weighted by Gasteiger charge is 2.11. The van der Waals surface area contributed by atoms with Crippen LogP contribution in [-0.4, -0.2) is 10.9 Å². The Balaban J connectivity index is 1.92. The van der Waals surface area contributed by atoms with Crippen LogP contribution in [0.3, 0.4) is 0 Å². The number of amides is 1. The summed E-state index contributed by atoms with van der Waals surface area (Å²) in [7, 11) is 0. The Morgan fingerprint density at radius 3 is 2.57 bits per heavy atom. The van der Waals surface area contributed by atoms with E-state index in [4.69, 9.17) is 5.73 Å².